The summed E-state index contributed by atoms with van der Waals surface area (Å²) in [5.41, 5.74) is 0.0649. The molecule has 0 aromatic heterocycles. The van der Waals surface area contributed by atoms with E-state index < -0.39 is 20.4 Å². The Bertz CT molecular complexity index is 460. The lowest BCUT2D eigenvalue weighted by Gasteiger charge is -2.06. The van der Waals surface area contributed by atoms with Gasteiger partial charge >= 0.3 is 13.8 Å². The minimum Gasteiger partial charge on any atom is -0.457 e. The predicted molar refractivity (Wildman–Crippen MR) is 69.7 cm³/mol. The number of hydrogen-bond acceptors (Lipinski definition) is 5. The van der Waals surface area contributed by atoms with Crippen LogP contribution < -0.4 is 0 Å². The number of carbonyl (C=O) groups excluding carboxylic acids is 2. The molecule has 0 aliphatic carbocycles. The van der Waals surface area contributed by atoms with E-state index >= 15 is 0 Å². The van der Waals surface area contributed by atoms with Crippen LogP contribution >= 0.6 is 7.82 Å². The molecule has 0 saturated carbocycles. The number of ketones is 1. The SMILES string of the molecule is CC(C)CCCC(=O)C1=C(COP(=O)(O)O)COC1=O. The van der Waals surface area contributed by atoms with Crippen molar-refractivity contribution in [2.24, 2.45) is 5.92 Å². The maximum Gasteiger partial charge on any atom is 0.469 e. The summed E-state index contributed by atoms with van der Waals surface area (Å²) in [5.74, 6) is -0.647. The number of rotatable bonds is 8. The van der Waals surface area contributed by atoms with Crippen molar-refractivity contribution in [3.05, 3.63) is 11.1 Å². The van der Waals surface area contributed by atoms with Gasteiger partial charge in [-0.1, -0.05) is 20.3 Å². The van der Waals surface area contributed by atoms with Gasteiger partial charge in [-0.2, -0.15) is 0 Å². The Kier molecular flexibility index (Phi) is 6.07. The highest BCUT2D eigenvalue weighted by molar-refractivity contribution is 7.46. The molecule has 0 fully saturated rings. The van der Waals surface area contributed by atoms with Crippen molar-refractivity contribution in [3.63, 3.8) is 0 Å². The smallest absolute Gasteiger partial charge is 0.457 e. The van der Waals surface area contributed by atoms with Crippen LogP contribution in [0, 0.1) is 5.92 Å². The summed E-state index contributed by atoms with van der Waals surface area (Å²) in [4.78, 5) is 40.7. The van der Waals surface area contributed by atoms with Crippen LogP contribution in [0.25, 0.3) is 0 Å². The molecule has 1 heterocycles. The summed E-state index contributed by atoms with van der Waals surface area (Å²) in [5, 5.41) is 0. The van der Waals surface area contributed by atoms with Crippen molar-refractivity contribution < 1.29 is 33.2 Å². The molecule has 0 radical (unpaired) electrons. The zero-order chi connectivity index (χ0) is 15.3. The number of phosphoric acid groups is 1. The number of carbonyl (C=O) groups is 2. The molecule has 8 heteroatoms. The van der Waals surface area contributed by atoms with E-state index in [9.17, 15) is 14.2 Å². The fraction of sp³-hybridized carbons (Fsp3) is 0.667. The third-order valence-electron chi connectivity index (χ3n) is 2.81. The molecular weight excluding hydrogens is 287 g/mol. The van der Waals surface area contributed by atoms with Crippen LogP contribution in [0.5, 0.6) is 0 Å². The first-order valence-corrected chi connectivity index (χ1v) is 7.86. The second kappa shape index (κ2) is 7.13. The van der Waals surface area contributed by atoms with Crippen LogP contribution in [-0.4, -0.2) is 34.8 Å². The summed E-state index contributed by atoms with van der Waals surface area (Å²) < 4.78 is 19.7. The van der Waals surface area contributed by atoms with E-state index in [4.69, 9.17) is 14.5 Å². The van der Waals surface area contributed by atoms with E-state index in [0.717, 1.165) is 6.42 Å². The van der Waals surface area contributed by atoms with E-state index in [2.05, 4.69) is 4.52 Å². The van der Waals surface area contributed by atoms with E-state index in [-0.39, 0.29) is 30.0 Å². The highest BCUT2D eigenvalue weighted by atomic mass is 31.2. The molecule has 0 atom stereocenters. The normalized spacial score (nSPS) is 15.9. The molecule has 0 unspecified atom stereocenters. The summed E-state index contributed by atoms with van der Waals surface area (Å²) >= 11 is 0. The van der Waals surface area contributed by atoms with Crippen molar-refractivity contribution in [2.75, 3.05) is 13.2 Å². The third kappa shape index (κ3) is 5.54. The molecule has 0 bridgehead atoms. The third-order valence-corrected chi connectivity index (χ3v) is 3.27. The monoisotopic (exact) mass is 306 g/mol. The highest BCUT2D eigenvalue weighted by Gasteiger charge is 2.31. The van der Waals surface area contributed by atoms with Gasteiger partial charge in [-0.3, -0.25) is 9.32 Å². The quantitative estimate of drug-likeness (QED) is 0.395. The topological polar surface area (TPSA) is 110 Å². The van der Waals surface area contributed by atoms with Gasteiger partial charge in [0.25, 0.3) is 0 Å². The van der Waals surface area contributed by atoms with Crippen LogP contribution in [0.4, 0.5) is 0 Å². The number of hydrogen-bond donors (Lipinski definition) is 2. The number of ether oxygens (including phenoxy) is 1. The fourth-order valence-electron chi connectivity index (χ4n) is 1.82. The van der Waals surface area contributed by atoms with Gasteiger partial charge in [0, 0.05) is 12.0 Å². The molecule has 1 aliphatic heterocycles. The van der Waals surface area contributed by atoms with Crippen LogP contribution in [0.2, 0.25) is 0 Å². The van der Waals surface area contributed by atoms with Crippen LogP contribution in [0.1, 0.15) is 33.1 Å². The molecule has 0 aromatic carbocycles. The minimum atomic E-state index is -4.64. The first kappa shape index (κ1) is 17.0. The molecule has 0 saturated heterocycles. The molecule has 0 amide bonds. The Morgan fingerprint density at radius 3 is 2.65 bits per heavy atom. The van der Waals surface area contributed by atoms with Gasteiger partial charge < -0.3 is 14.5 Å². The number of Topliss-reactive ketones (excluding diaryl/α,β-unsaturated/α-hetero) is 1. The van der Waals surface area contributed by atoms with Crippen molar-refractivity contribution in [1.29, 1.82) is 0 Å². The van der Waals surface area contributed by atoms with E-state index in [1.165, 1.54) is 0 Å². The molecule has 7 nitrogen and oxygen atoms in total. The van der Waals surface area contributed by atoms with Gasteiger partial charge in [-0.15, -0.1) is 0 Å². The highest BCUT2D eigenvalue weighted by Crippen LogP contribution is 2.37. The van der Waals surface area contributed by atoms with E-state index in [1.807, 2.05) is 13.8 Å². The zero-order valence-electron chi connectivity index (χ0n) is 11.5. The number of esters is 1. The molecule has 0 spiro atoms. The summed E-state index contributed by atoms with van der Waals surface area (Å²) in [6.07, 6.45) is 1.73. The Morgan fingerprint density at radius 2 is 2.10 bits per heavy atom. The second-order valence-electron chi connectivity index (χ2n) is 5.03. The maximum atomic E-state index is 12.0. The molecule has 0 aromatic rings. The fourth-order valence-corrected chi connectivity index (χ4v) is 2.15. The lowest BCUT2D eigenvalue weighted by Crippen LogP contribution is -2.12. The van der Waals surface area contributed by atoms with Gasteiger partial charge in [0.2, 0.25) is 0 Å². The van der Waals surface area contributed by atoms with Gasteiger partial charge in [0.05, 0.1) is 6.61 Å². The van der Waals surface area contributed by atoms with Crippen LogP contribution in [-0.2, 0) is 23.4 Å². The Labute approximate surface area is 117 Å². The van der Waals surface area contributed by atoms with Crippen LogP contribution in [0.3, 0.4) is 0 Å². The zero-order valence-corrected chi connectivity index (χ0v) is 12.4. The van der Waals surface area contributed by atoms with Gasteiger partial charge in [-0.05, 0) is 12.3 Å². The predicted octanol–water partition coefficient (Wildman–Crippen LogP) is 1.34. The van der Waals surface area contributed by atoms with Gasteiger partial charge in [-0.25, -0.2) is 9.36 Å². The lowest BCUT2D eigenvalue weighted by atomic mass is 9.99. The van der Waals surface area contributed by atoms with Crippen molar-refractivity contribution in [1.82, 2.24) is 0 Å². The average Bonchev–Trinajstić information content (AvgIpc) is 2.66. The van der Waals surface area contributed by atoms with Gasteiger partial charge in [0.15, 0.2) is 5.78 Å². The first-order chi connectivity index (χ1) is 9.20. The summed E-state index contributed by atoms with van der Waals surface area (Å²) in [6.45, 7) is 3.42. The molecule has 2 N–H and O–H groups in total. The molecular formula is C12H19O7P. The number of phosphoric ester groups is 1. The van der Waals surface area contributed by atoms with Crippen molar-refractivity contribution in [2.45, 2.75) is 33.1 Å². The Hall–Kier alpha value is -1.01. The standard InChI is InChI=1S/C12H19O7P/c1-8(2)4-3-5-10(13)11-9(6-18-12(11)14)7-19-20(15,16)17/h8H,3-7H2,1-2H3,(H2,15,16,17). The Morgan fingerprint density at radius 1 is 1.45 bits per heavy atom. The molecule has 1 aliphatic rings. The first-order valence-electron chi connectivity index (χ1n) is 6.33. The minimum absolute atomic E-state index is 0.123. The van der Waals surface area contributed by atoms with Gasteiger partial charge in [0.1, 0.15) is 12.2 Å². The second-order valence-corrected chi connectivity index (χ2v) is 6.27. The largest absolute Gasteiger partial charge is 0.469 e. The number of cyclic esters (lactones) is 1. The van der Waals surface area contributed by atoms with Crippen molar-refractivity contribution in [3.8, 4) is 0 Å². The van der Waals surface area contributed by atoms with E-state index in [1.54, 1.807) is 0 Å². The Balaban J connectivity index is 2.67. The maximum absolute atomic E-state index is 12.0. The lowest BCUT2D eigenvalue weighted by molar-refractivity contribution is -0.137. The molecule has 1 rings (SSSR count). The summed E-state index contributed by atoms with van der Waals surface area (Å²) in [6, 6.07) is 0. The van der Waals surface area contributed by atoms with E-state index in [0.29, 0.717) is 12.3 Å². The average molecular weight is 306 g/mol. The van der Waals surface area contributed by atoms with Crippen molar-refractivity contribution >= 4 is 19.6 Å². The molecule has 20 heavy (non-hydrogen) atoms. The van der Waals surface area contributed by atoms with Crippen LogP contribution in [0.15, 0.2) is 11.1 Å². The molecule has 114 valence electrons. The summed E-state index contributed by atoms with van der Waals surface area (Å²) in [7, 11) is -4.64.